The van der Waals surface area contributed by atoms with Gasteiger partial charge in [0.1, 0.15) is 0 Å². The predicted octanol–water partition coefficient (Wildman–Crippen LogP) is 3.03. The molecule has 1 amide bonds. The molecule has 0 aliphatic heterocycles. The maximum atomic E-state index is 12.3. The summed E-state index contributed by atoms with van der Waals surface area (Å²) in [4.78, 5) is 23.3. The lowest BCUT2D eigenvalue weighted by atomic mass is 10.1. The lowest BCUT2D eigenvalue weighted by molar-refractivity contribution is 0.0696. The molecule has 2 aromatic rings. The highest BCUT2D eigenvalue weighted by Crippen LogP contribution is 2.18. The van der Waals surface area contributed by atoms with Gasteiger partial charge < -0.3 is 10.4 Å². The number of nitrogens with zero attached hydrogens (tertiary/aromatic N) is 2. The summed E-state index contributed by atoms with van der Waals surface area (Å²) in [5.74, 6) is -1.24. The number of amides is 1. The van der Waals surface area contributed by atoms with Crippen molar-refractivity contribution in [1.29, 1.82) is 0 Å². The van der Waals surface area contributed by atoms with Gasteiger partial charge in [0.05, 0.1) is 17.3 Å². The highest BCUT2D eigenvalue weighted by Gasteiger charge is 2.16. The standard InChI is InChI=1S/C16H19N3O3/c1-9(2)19-11(4)14(8-17-19)15(20)18-12-5-6-13(16(21)22)10(3)7-12/h5-9H,1-4H3,(H,18,20)(H,21,22). The lowest BCUT2D eigenvalue weighted by Crippen LogP contribution is -2.14. The zero-order valence-corrected chi connectivity index (χ0v) is 13.0. The van der Waals surface area contributed by atoms with Crippen LogP contribution >= 0.6 is 0 Å². The van der Waals surface area contributed by atoms with Crippen molar-refractivity contribution in [3.63, 3.8) is 0 Å². The number of aromatic nitrogens is 2. The van der Waals surface area contributed by atoms with E-state index in [1.807, 2.05) is 20.8 Å². The van der Waals surface area contributed by atoms with Crippen LogP contribution in [0.1, 0.15) is 51.9 Å². The maximum absolute atomic E-state index is 12.3. The van der Waals surface area contributed by atoms with Crippen LogP contribution in [0.5, 0.6) is 0 Å². The molecule has 6 nitrogen and oxygen atoms in total. The largest absolute Gasteiger partial charge is 0.478 e. The molecule has 22 heavy (non-hydrogen) atoms. The molecule has 2 N–H and O–H groups in total. The summed E-state index contributed by atoms with van der Waals surface area (Å²) in [6.07, 6.45) is 1.54. The van der Waals surface area contributed by atoms with Crippen LogP contribution in [0.2, 0.25) is 0 Å². The molecule has 1 heterocycles. The molecule has 0 spiro atoms. The molecule has 6 heteroatoms. The fourth-order valence-electron chi connectivity index (χ4n) is 2.35. The summed E-state index contributed by atoms with van der Waals surface area (Å²) in [6, 6.07) is 4.89. The number of nitrogens with one attached hydrogen (secondary N) is 1. The number of aromatic carboxylic acids is 1. The van der Waals surface area contributed by atoms with E-state index in [4.69, 9.17) is 5.11 Å². The van der Waals surface area contributed by atoms with Gasteiger partial charge in [0.2, 0.25) is 0 Å². The quantitative estimate of drug-likeness (QED) is 0.909. The molecule has 1 aromatic heterocycles. The second-order valence-electron chi connectivity index (χ2n) is 5.47. The van der Waals surface area contributed by atoms with Gasteiger partial charge in [0.15, 0.2) is 0 Å². The zero-order valence-electron chi connectivity index (χ0n) is 13.0. The van der Waals surface area contributed by atoms with Crippen molar-refractivity contribution in [3.8, 4) is 0 Å². The molecule has 0 saturated heterocycles. The summed E-state index contributed by atoms with van der Waals surface area (Å²) in [5, 5.41) is 16.0. The topological polar surface area (TPSA) is 84.2 Å². The van der Waals surface area contributed by atoms with Crippen LogP contribution in [0, 0.1) is 13.8 Å². The number of anilines is 1. The van der Waals surface area contributed by atoms with Crippen molar-refractivity contribution in [1.82, 2.24) is 9.78 Å². The van der Waals surface area contributed by atoms with E-state index in [1.54, 1.807) is 29.9 Å². The van der Waals surface area contributed by atoms with Crippen LogP contribution in [-0.4, -0.2) is 26.8 Å². The maximum Gasteiger partial charge on any atom is 0.335 e. The van der Waals surface area contributed by atoms with Gasteiger partial charge in [-0.2, -0.15) is 5.10 Å². The van der Waals surface area contributed by atoms with E-state index in [9.17, 15) is 9.59 Å². The van der Waals surface area contributed by atoms with Crippen molar-refractivity contribution in [2.45, 2.75) is 33.7 Å². The van der Waals surface area contributed by atoms with Gasteiger partial charge in [-0.1, -0.05) is 0 Å². The van der Waals surface area contributed by atoms with Gasteiger partial charge in [-0.3, -0.25) is 9.48 Å². The first-order valence-corrected chi connectivity index (χ1v) is 7.00. The molecule has 0 radical (unpaired) electrons. The molecular weight excluding hydrogens is 282 g/mol. The number of hydrogen-bond donors (Lipinski definition) is 2. The predicted molar refractivity (Wildman–Crippen MR) is 83.4 cm³/mol. The zero-order chi connectivity index (χ0) is 16.4. The number of hydrogen-bond acceptors (Lipinski definition) is 3. The Labute approximate surface area is 128 Å². The first-order chi connectivity index (χ1) is 10.3. The monoisotopic (exact) mass is 301 g/mol. The normalized spacial score (nSPS) is 10.8. The highest BCUT2D eigenvalue weighted by molar-refractivity contribution is 6.05. The number of aryl methyl sites for hydroxylation is 1. The Morgan fingerprint density at radius 2 is 1.91 bits per heavy atom. The molecule has 0 saturated carbocycles. The average Bonchev–Trinajstić information content (AvgIpc) is 2.80. The minimum absolute atomic E-state index is 0.179. The van der Waals surface area contributed by atoms with Crippen LogP contribution in [0.3, 0.4) is 0 Å². The Bertz CT molecular complexity index is 732. The average molecular weight is 301 g/mol. The third-order valence-corrected chi connectivity index (χ3v) is 3.49. The van der Waals surface area contributed by atoms with Crippen molar-refractivity contribution in [2.24, 2.45) is 0 Å². The number of carbonyl (C=O) groups excluding carboxylic acids is 1. The number of benzene rings is 1. The van der Waals surface area contributed by atoms with Gasteiger partial charge in [-0.05, 0) is 51.5 Å². The van der Waals surface area contributed by atoms with Gasteiger partial charge in [0, 0.05) is 17.4 Å². The van der Waals surface area contributed by atoms with Crippen LogP contribution in [0.15, 0.2) is 24.4 Å². The summed E-state index contributed by atoms with van der Waals surface area (Å²) in [7, 11) is 0. The van der Waals surface area contributed by atoms with Crippen LogP contribution in [-0.2, 0) is 0 Å². The highest BCUT2D eigenvalue weighted by atomic mass is 16.4. The molecule has 116 valence electrons. The SMILES string of the molecule is Cc1cc(NC(=O)c2cnn(C(C)C)c2C)ccc1C(=O)O. The molecule has 2 rings (SSSR count). The summed E-state index contributed by atoms with van der Waals surface area (Å²) in [6.45, 7) is 7.53. The van der Waals surface area contributed by atoms with Crippen LogP contribution < -0.4 is 5.32 Å². The molecule has 0 atom stereocenters. The first-order valence-electron chi connectivity index (χ1n) is 7.00. The second-order valence-corrected chi connectivity index (χ2v) is 5.47. The molecule has 1 aromatic carbocycles. The van der Waals surface area contributed by atoms with E-state index in [2.05, 4.69) is 10.4 Å². The number of carboxylic acids is 1. The van der Waals surface area contributed by atoms with E-state index in [1.165, 1.54) is 6.07 Å². The van der Waals surface area contributed by atoms with Crippen LogP contribution in [0.25, 0.3) is 0 Å². The van der Waals surface area contributed by atoms with Crippen molar-refractivity contribution in [3.05, 3.63) is 46.8 Å². The fourth-order valence-corrected chi connectivity index (χ4v) is 2.35. The molecular formula is C16H19N3O3. The molecule has 0 unspecified atom stereocenters. The molecule has 0 fully saturated rings. The van der Waals surface area contributed by atoms with E-state index < -0.39 is 5.97 Å². The third kappa shape index (κ3) is 3.00. The number of carbonyl (C=O) groups is 2. The van der Waals surface area contributed by atoms with Crippen molar-refractivity contribution >= 4 is 17.6 Å². The Morgan fingerprint density at radius 1 is 1.23 bits per heavy atom. The second kappa shape index (κ2) is 6.01. The lowest BCUT2D eigenvalue weighted by Gasteiger charge is -2.10. The Hall–Kier alpha value is -2.63. The van der Waals surface area contributed by atoms with Crippen molar-refractivity contribution < 1.29 is 14.7 Å². The van der Waals surface area contributed by atoms with E-state index in [0.29, 0.717) is 16.8 Å². The summed E-state index contributed by atoms with van der Waals surface area (Å²) >= 11 is 0. The van der Waals surface area contributed by atoms with Gasteiger partial charge in [0.25, 0.3) is 5.91 Å². The molecule has 0 bridgehead atoms. The third-order valence-electron chi connectivity index (χ3n) is 3.49. The van der Waals surface area contributed by atoms with Gasteiger partial charge in [-0.15, -0.1) is 0 Å². The Kier molecular flexibility index (Phi) is 4.30. The van der Waals surface area contributed by atoms with E-state index >= 15 is 0 Å². The van der Waals surface area contributed by atoms with E-state index in [-0.39, 0.29) is 17.5 Å². The minimum atomic E-state index is -0.982. The molecule has 0 aliphatic carbocycles. The Morgan fingerprint density at radius 3 is 2.41 bits per heavy atom. The van der Waals surface area contributed by atoms with Gasteiger partial charge >= 0.3 is 5.97 Å². The summed E-state index contributed by atoms with van der Waals surface area (Å²) in [5.41, 5.74) is 2.69. The van der Waals surface area contributed by atoms with E-state index in [0.717, 1.165) is 5.69 Å². The summed E-state index contributed by atoms with van der Waals surface area (Å²) < 4.78 is 1.79. The number of rotatable bonds is 4. The number of carboxylic acid groups (broad SMARTS) is 1. The van der Waals surface area contributed by atoms with Gasteiger partial charge in [-0.25, -0.2) is 4.79 Å². The first kappa shape index (κ1) is 15.8. The fraction of sp³-hybridized carbons (Fsp3) is 0.312. The Balaban J connectivity index is 2.22. The molecule has 0 aliphatic rings. The smallest absolute Gasteiger partial charge is 0.335 e. The van der Waals surface area contributed by atoms with Crippen LogP contribution in [0.4, 0.5) is 5.69 Å². The minimum Gasteiger partial charge on any atom is -0.478 e. The van der Waals surface area contributed by atoms with Crippen molar-refractivity contribution in [2.75, 3.05) is 5.32 Å².